The number of aliphatic hydroxyl groups excluding tert-OH is 1. The van der Waals surface area contributed by atoms with Crippen molar-refractivity contribution in [2.24, 2.45) is 0 Å². The summed E-state index contributed by atoms with van der Waals surface area (Å²) in [5, 5.41) is 13.0. The van der Waals surface area contributed by atoms with E-state index in [4.69, 9.17) is 0 Å². The molecule has 4 nitrogen and oxygen atoms in total. The van der Waals surface area contributed by atoms with Crippen molar-refractivity contribution in [3.8, 4) is 0 Å². The predicted octanol–water partition coefficient (Wildman–Crippen LogP) is 0.974. The zero-order chi connectivity index (χ0) is 9.97. The summed E-state index contributed by atoms with van der Waals surface area (Å²) >= 11 is 0. The number of aliphatic hydroxyl groups is 1. The Bertz CT molecular complexity index is 273. The fraction of sp³-hybridized carbons (Fsp3) is 0.700. The van der Waals surface area contributed by atoms with Crippen LogP contribution in [0.15, 0.2) is 12.4 Å². The molecule has 1 aromatic rings. The van der Waals surface area contributed by atoms with Gasteiger partial charge in [-0.2, -0.15) is 0 Å². The first kappa shape index (κ1) is 9.68. The van der Waals surface area contributed by atoms with Crippen molar-refractivity contribution in [2.75, 3.05) is 0 Å². The third kappa shape index (κ3) is 1.96. The minimum Gasteiger partial charge on any atom is -0.392 e. The van der Waals surface area contributed by atoms with Gasteiger partial charge >= 0.3 is 0 Å². The van der Waals surface area contributed by atoms with Crippen molar-refractivity contribution in [3.63, 3.8) is 0 Å². The van der Waals surface area contributed by atoms with Gasteiger partial charge in [0, 0.05) is 18.4 Å². The number of hydrogen-bond donors (Lipinski definition) is 3. The molecular weight excluding hydrogens is 178 g/mol. The van der Waals surface area contributed by atoms with E-state index in [2.05, 4.69) is 22.2 Å². The zero-order valence-electron chi connectivity index (χ0n) is 8.40. The lowest BCUT2D eigenvalue weighted by molar-refractivity contribution is 0.143. The largest absolute Gasteiger partial charge is 0.392 e. The van der Waals surface area contributed by atoms with Gasteiger partial charge in [0.15, 0.2) is 0 Å². The molecule has 0 spiro atoms. The van der Waals surface area contributed by atoms with E-state index in [1.54, 1.807) is 6.20 Å². The highest BCUT2D eigenvalue weighted by Gasteiger charge is 2.26. The third-order valence-corrected chi connectivity index (χ3v) is 2.87. The summed E-state index contributed by atoms with van der Waals surface area (Å²) in [7, 11) is 0. The van der Waals surface area contributed by atoms with E-state index < -0.39 is 0 Å². The topological polar surface area (TPSA) is 60.9 Å². The maximum absolute atomic E-state index is 9.64. The van der Waals surface area contributed by atoms with Crippen LogP contribution in [-0.2, 0) is 0 Å². The fourth-order valence-corrected chi connectivity index (χ4v) is 2.05. The first-order valence-corrected chi connectivity index (χ1v) is 5.21. The van der Waals surface area contributed by atoms with E-state index in [-0.39, 0.29) is 18.2 Å². The Hall–Kier alpha value is -0.870. The molecule has 3 unspecified atom stereocenters. The van der Waals surface area contributed by atoms with Crippen molar-refractivity contribution < 1.29 is 5.11 Å². The second-order valence-electron chi connectivity index (χ2n) is 3.97. The smallest absolute Gasteiger partial charge is 0.122 e. The number of hydrogen-bond acceptors (Lipinski definition) is 3. The summed E-state index contributed by atoms with van der Waals surface area (Å²) in [6, 6.07) is 0.415. The van der Waals surface area contributed by atoms with Crippen molar-refractivity contribution in [3.05, 3.63) is 18.2 Å². The molecule has 2 rings (SSSR count). The molecule has 0 aromatic carbocycles. The molecule has 3 atom stereocenters. The molecule has 1 aliphatic rings. The second-order valence-corrected chi connectivity index (χ2v) is 3.97. The SMILES string of the molecule is CC(NC1CCCC1O)c1ncc[nH]1. The van der Waals surface area contributed by atoms with Gasteiger partial charge in [0.1, 0.15) is 5.82 Å². The van der Waals surface area contributed by atoms with Crippen LogP contribution in [0.2, 0.25) is 0 Å². The third-order valence-electron chi connectivity index (χ3n) is 2.87. The van der Waals surface area contributed by atoms with Crippen LogP contribution in [-0.4, -0.2) is 27.2 Å². The summed E-state index contributed by atoms with van der Waals surface area (Å²) in [5.74, 6) is 0.934. The standard InChI is InChI=1S/C10H17N3O/c1-7(10-11-5-6-12-10)13-8-3-2-4-9(8)14/h5-9,13-14H,2-4H2,1H3,(H,11,12). The van der Waals surface area contributed by atoms with Gasteiger partial charge in [-0.1, -0.05) is 0 Å². The van der Waals surface area contributed by atoms with Gasteiger partial charge in [-0.05, 0) is 26.2 Å². The van der Waals surface area contributed by atoms with Gasteiger partial charge in [0.2, 0.25) is 0 Å². The minimum atomic E-state index is -0.188. The molecule has 0 radical (unpaired) electrons. The molecule has 3 N–H and O–H groups in total. The molecule has 1 saturated carbocycles. The molecule has 78 valence electrons. The highest BCUT2D eigenvalue weighted by molar-refractivity contribution is 4.96. The first-order chi connectivity index (χ1) is 6.77. The Morgan fingerprint density at radius 1 is 1.64 bits per heavy atom. The lowest BCUT2D eigenvalue weighted by Gasteiger charge is -2.20. The van der Waals surface area contributed by atoms with Crippen LogP contribution in [0, 0.1) is 0 Å². The number of H-pyrrole nitrogens is 1. The lowest BCUT2D eigenvalue weighted by Crippen LogP contribution is -2.37. The zero-order valence-corrected chi connectivity index (χ0v) is 8.40. The van der Waals surface area contributed by atoms with E-state index in [1.807, 2.05) is 6.20 Å². The normalized spacial score (nSPS) is 29.3. The molecule has 0 saturated heterocycles. The summed E-state index contributed by atoms with van der Waals surface area (Å²) in [6.45, 7) is 2.06. The molecular formula is C10H17N3O. The van der Waals surface area contributed by atoms with E-state index in [0.29, 0.717) is 0 Å². The molecule has 0 aliphatic heterocycles. The number of aromatic amines is 1. The molecule has 4 heteroatoms. The second kappa shape index (κ2) is 4.11. The Morgan fingerprint density at radius 3 is 3.07 bits per heavy atom. The first-order valence-electron chi connectivity index (χ1n) is 5.21. The van der Waals surface area contributed by atoms with Crippen LogP contribution < -0.4 is 5.32 Å². The summed E-state index contributed by atoms with van der Waals surface area (Å²) in [4.78, 5) is 7.25. The van der Waals surface area contributed by atoms with Gasteiger partial charge in [0.05, 0.1) is 12.1 Å². The minimum absolute atomic E-state index is 0.183. The lowest BCUT2D eigenvalue weighted by atomic mass is 10.2. The van der Waals surface area contributed by atoms with Gasteiger partial charge in [-0.15, -0.1) is 0 Å². The van der Waals surface area contributed by atoms with E-state index in [9.17, 15) is 5.11 Å². The Labute approximate surface area is 83.8 Å². The fourth-order valence-electron chi connectivity index (χ4n) is 2.05. The highest BCUT2D eigenvalue weighted by atomic mass is 16.3. The summed E-state index contributed by atoms with van der Waals surface area (Å²) in [6.07, 6.45) is 6.47. The molecule has 0 bridgehead atoms. The number of rotatable bonds is 3. The molecule has 14 heavy (non-hydrogen) atoms. The molecule has 1 aliphatic carbocycles. The maximum Gasteiger partial charge on any atom is 0.122 e. The van der Waals surface area contributed by atoms with E-state index in [1.165, 1.54) is 0 Å². The molecule has 1 aromatic heterocycles. The maximum atomic E-state index is 9.64. The predicted molar refractivity (Wildman–Crippen MR) is 53.8 cm³/mol. The van der Waals surface area contributed by atoms with Gasteiger partial charge in [-0.3, -0.25) is 0 Å². The van der Waals surface area contributed by atoms with Crippen molar-refractivity contribution >= 4 is 0 Å². The monoisotopic (exact) mass is 195 g/mol. The quantitative estimate of drug-likeness (QED) is 0.673. The van der Waals surface area contributed by atoms with Crippen molar-refractivity contribution in [2.45, 2.75) is 44.4 Å². The molecule has 0 amide bonds. The van der Waals surface area contributed by atoms with Crippen LogP contribution >= 0.6 is 0 Å². The van der Waals surface area contributed by atoms with Crippen LogP contribution in [0.4, 0.5) is 0 Å². The summed E-state index contributed by atoms with van der Waals surface area (Å²) in [5.41, 5.74) is 0. The van der Waals surface area contributed by atoms with Gasteiger partial charge in [0.25, 0.3) is 0 Å². The van der Waals surface area contributed by atoms with E-state index in [0.717, 1.165) is 25.1 Å². The number of nitrogens with one attached hydrogen (secondary N) is 2. The summed E-state index contributed by atoms with van der Waals surface area (Å²) < 4.78 is 0. The van der Waals surface area contributed by atoms with Crippen molar-refractivity contribution in [1.29, 1.82) is 0 Å². The van der Waals surface area contributed by atoms with E-state index >= 15 is 0 Å². The van der Waals surface area contributed by atoms with Crippen LogP contribution in [0.1, 0.15) is 38.1 Å². The molecule has 1 fully saturated rings. The average molecular weight is 195 g/mol. The van der Waals surface area contributed by atoms with Gasteiger partial charge in [-0.25, -0.2) is 4.98 Å². The highest BCUT2D eigenvalue weighted by Crippen LogP contribution is 2.21. The number of imidazole rings is 1. The Morgan fingerprint density at radius 2 is 2.50 bits per heavy atom. The van der Waals surface area contributed by atoms with Crippen LogP contribution in [0.25, 0.3) is 0 Å². The number of aromatic nitrogens is 2. The Balaban J connectivity index is 1.91. The van der Waals surface area contributed by atoms with Crippen LogP contribution in [0.3, 0.4) is 0 Å². The molecule has 1 heterocycles. The average Bonchev–Trinajstić information content (AvgIpc) is 2.77. The van der Waals surface area contributed by atoms with Crippen molar-refractivity contribution in [1.82, 2.24) is 15.3 Å². The Kier molecular flexibility index (Phi) is 2.84. The van der Waals surface area contributed by atoms with Crippen LogP contribution in [0.5, 0.6) is 0 Å². The van der Waals surface area contributed by atoms with Gasteiger partial charge < -0.3 is 15.4 Å². The number of nitrogens with zero attached hydrogens (tertiary/aromatic N) is 1.